The van der Waals surface area contributed by atoms with Crippen molar-refractivity contribution in [1.29, 1.82) is 0 Å². The summed E-state index contributed by atoms with van der Waals surface area (Å²) in [5.41, 5.74) is 0.248. The molecule has 26 heavy (non-hydrogen) atoms. The first kappa shape index (κ1) is 17.9. The number of hydrogen-bond donors (Lipinski definition) is 1. The fourth-order valence-electron chi connectivity index (χ4n) is 2.40. The predicted octanol–water partition coefficient (Wildman–Crippen LogP) is 3.29. The van der Waals surface area contributed by atoms with Crippen molar-refractivity contribution in [2.24, 2.45) is 0 Å². The van der Waals surface area contributed by atoms with E-state index in [1.54, 1.807) is 36.4 Å². The van der Waals surface area contributed by atoms with Gasteiger partial charge in [-0.25, -0.2) is 12.8 Å². The van der Waals surface area contributed by atoms with Crippen LogP contribution in [-0.4, -0.2) is 26.6 Å². The number of hydrogen-bond acceptors (Lipinski definition) is 4. The number of furan rings is 1. The molecule has 5 nitrogen and oxygen atoms in total. The van der Waals surface area contributed by atoms with Crippen LogP contribution in [0.15, 0.2) is 76.0 Å². The second-order valence-corrected chi connectivity index (χ2v) is 7.64. The maximum Gasteiger partial charge on any atom is 0.287 e. The van der Waals surface area contributed by atoms with E-state index in [4.69, 9.17) is 4.42 Å². The van der Waals surface area contributed by atoms with Gasteiger partial charge in [-0.15, -0.1) is 0 Å². The van der Waals surface area contributed by atoms with Crippen molar-refractivity contribution in [2.75, 3.05) is 12.3 Å². The van der Waals surface area contributed by atoms with Crippen molar-refractivity contribution in [1.82, 2.24) is 5.32 Å². The molecule has 1 N–H and O–H groups in total. The molecule has 0 bridgehead atoms. The smallest absolute Gasteiger partial charge is 0.287 e. The van der Waals surface area contributed by atoms with Gasteiger partial charge in [0.1, 0.15) is 11.6 Å². The number of rotatable bonds is 6. The maximum atomic E-state index is 13.8. The molecule has 0 saturated heterocycles. The Morgan fingerprint density at radius 3 is 2.38 bits per heavy atom. The summed E-state index contributed by atoms with van der Waals surface area (Å²) < 4.78 is 43.5. The van der Waals surface area contributed by atoms with Gasteiger partial charge in [0.2, 0.25) is 0 Å². The van der Waals surface area contributed by atoms with Crippen LogP contribution in [0.1, 0.15) is 10.6 Å². The predicted molar refractivity (Wildman–Crippen MR) is 94.9 cm³/mol. The fraction of sp³-hybridized carbons (Fsp3) is 0.105. The quantitative estimate of drug-likeness (QED) is 0.719. The molecule has 0 spiro atoms. The summed E-state index contributed by atoms with van der Waals surface area (Å²) in [4.78, 5) is 12.3. The molecule has 0 saturated carbocycles. The summed E-state index contributed by atoms with van der Waals surface area (Å²) in [6.07, 6.45) is 0. The van der Waals surface area contributed by atoms with E-state index >= 15 is 0 Å². The SMILES string of the molecule is O=C(NCCS(=O)(=O)c1ccccc1)c1ccc(-c2ccccc2F)o1. The van der Waals surface area contributed by atoms with E-state index in [2.05, 4.69) is 5.32 Å². The van der Waals surface area contributed by atoms with Crippen LogP contribution in [0.2, 0.25) is 0 Å². The molecule has 3 aromatic rings. The van der Waals surface area contributed by atoms with Gasteiger partial charge in [0.15, 0.2) is 15.6 Å². The van der Waals surface area contributed by atoms with Crippen molar-refractivity contribution in [3.05, 3.63) is 78.3 Å². The van der Waals surface area contributed by atoms with Crippen LogP contribution in [0.3, 0.4) is 0 Å². The third-order valence-electron chi connectivity index (χ3n) is 3.73. The van der Waals surface area contributed by atoms with Crippen LogP contribution in [0, 0.1) is 5.82 Å². The molecule has 7 heteroatoms. The molecular weight excluding hydrogens is 357 g/mol. The lowest BCUT2D eigenvalue weighted by Gasteiger charge is -2.05. The monoisotopic (exact) mass is 373 g/mol. The average Bonchev–Trinajstić information content (AvgIpc) is 3.12. The molecule has 0 atom stereocenters. The van der Waals surface area contributed by atoms with Crippen LogP contribution in [-0.2, 0) is 9.84 Å². The van der Waals surface area contributed by atoms with Crippen molar-refractivity contribution in [3.63, 3.8) is 0 Å². The van der Waals surface area contributed by atoms with E-state index in [0.717, 1.165) is 0 Å². The van der Waals surface area contributed by atoms with Gasteiger partial charge in [-0.1, -0.05) is 30.3 Å². The minimum atomic E-state index is -3.48. The Morgan fingerprint density at radius 2 is 1.65 bits per heavy atom. The van der Waals surface area contributed by atoms with Crippen molar-refractivity contribution >= 4 is 15.7 Å². The minimum Gasteiger partial charge on any atom is -0.451 e. The maximum absolute atomic E-state index is 13.8. The Hall–Kier alpha value is -2.93. The minimum absolute atomic E-state index is 0.0136. The highest BCUT2D eigenvalue weighted by molar-refractivity contribution is 7.91. The van der Waals surface area contributed by atoms with Crippen LogP contribution in [0.4, 0.5) is 4.39 Å². The zero-order valence-electron chi connectivity index (χ0n) is 13.7. The molecule has 0 unspecified atom stereocenters. The zero-order chi connectivity index (χ0) is 18.6. The molecule has 2 aromatic carbocycles. The number of carbonyl (C=O) groups is 1. The molecule has 1 aromatic heterocycles. The molecule has 0 aliphatic rings. The summed E-state index contributed by atoms with van der Waals surface area (Å²) in [6.45, 7) is -0.0637. The number of halogens is 1. The largest absolute Gasteiger partial charge is 0.451 e. The van der Waals surface area contributed by atoms with E-state index in [1.807, 2.05) is 0 Å². The summed E-state index contributed by atoms with van der Waals surface area (Å²) in [5, 5.41) is 2.50. The standard InChI is InChI=1S/C19H16FNO4S/c20-16-9-5-4-8-15(16)17-10-11-18(25-17)19(22)21-12-13-26(23,24)14-6-2-1-3-7-14/h1-11H,12-13H2,(H,21,22). The fourth-order valence-corrected chi connectivity index (χ4v) is 3.58. The highest BCUT2D eigenvalue weighted by Gasteiger charge is 2.17. The average molecular weight is 373 g/mol. The van der Waals surface area contributed by atoms with Gasteiger partial charge < -0.3 is 9.73 Å². The first-order valence-corrected chi connectivity index (χ1v) is 9.53. The van der Waals surface area contributed by atoms with Crippen molar-refractivity contribution < 1.29 is 22.0 Å². The number of nitrogens with one attached hydrogen (secondary N) is 1. The molecule has 1 heterocycles. The van der Waals surface area contributed by atoms with E-state index < -0.39 is 21.6 Å². The highest BCUT2D eigenvalue weighted by atomic mass is 32.2. The Labute approximate surface area is 150 Å². The molecule has 0 aliphatic carbocycles. The van der Waals surface area contributed by atoms with Crippen LogP contribution < -0.4 is 5.32 Å². The molecule has 1 amide bonds. The molecule has 0 aliphatic heterocycles. The van der Waals surface area contributed by atoms with Gasteiger partial charge in [-0.3, -0.25) is 4.79 Å². The van der Waals surface area contributed by atoms with Crippen LogP contribution >= 0.6 is 0 Å². The van der Waals surface area contributed by atoms with Crippen LogP contribution in [0.25, 0.3) is 11.3 Å². The van der Waals surface area contributed by atoms with Gasteiger partial charge >= 0.3 is 0 Å². The van der Waals surface area contributed by atoms with Gasteiger partial charge in [-0.2, -0.15) is 0 Å². The number of amides is 1. The first-order valence-electron chi connectivity index (χ1n) is 7.88. The van der Waals surface area contributed by atoms with Gasteiger partial charge in [0, 0.05) is 6.54 Å². The second-order valence-electron chi connectivity index (χ2n) is 5.53. The summed E-state index contributed by atoms with van der Waals surface area (Å²) in [6, 6.07) is 17.0. The van der Waals surface area contributed by atoms with Gasteiger partial charge in [0.05, 0.1) is 16.2 Å². The van der Waals surface area contributed by atoms with Gasteiger partial charge in [-0.05, 0) is 36.4 Å². The van der Waals surface area contributed by atoms with E-state index in [1.165, 1.54) is 30.3 Å². The Bertz CT molecular complexity index is 1010. The Morgan fingerprint density at radius 1 is 0.962 bits per heavy atom. The number of benzene rings is 2. The topological polar surface area (TPSA) is 76.4 Å². The van der Waals surface area contributed by atoms with Gasteiger partial charge in [0.25, 0.3) is 5.91 Å². The van der Waals surface area contributed by atoms with E-state index in [0.29, 0.717) is 0 Å². The third-order valence-corrected chi connectivity index (χ3v) is 5.46. The Balaban J connectivity index is 1.62. The summed E-state index contributed by atoms with van der Waals surface area (Å²) >= 11 is 0. The lowest BCUT2D eigenvalue weighted by atomic mass is 10.1. The number of carbonyl (C=O) groups excluding carboxylic acids is 1. The summed E-state index contributed by atoms with van der Waals surface area (Å²) in [5.74, 6) is -1.03. The lowest BCUT2D eigenvalue weighted by Crippen LogP contribution is -2.28. The van der Waals surface area contributed by atoms with Crippen molar-refractivity contribution in [2.45, 2.75) is 4.90 Å². The normalized spacial score (nSPS) is 11.3. The zero-order valence-corrected chi connectivity index (χ0v) is 14.5. The molecule has 3 rings (SSSR count). The first-order chi connectivity index (χ1) is 12.5. The number of sulfone groups is 1. The summed E-state index contributed by atoms with van der Waals surface area (Å²) in [7, 11) is -3.48. The highest BCUT2D eigenvalue weighted by Crippen LogP contribution is 2.24. The van der Waals surface area contributed by atoms with E-state index in [-0.39, 0.29) is 34.3 Å². The lowest BCUT2D eigenvalue weighted by molar-refractivity contribution is 0.0929. The van der Waals surface area contributed by atoms with E-state index in [9.17, 15) is 17.6 Å². The molecule has 0 fully saturated rings. The molecule has 0 radical (unpaired) electrons. The second kappa shape index (κ2) is 7.53. The third kappa shape index (κ3) is 4.00. The molecule has 134 valence electrons. The Kier molecular flexibility index (Phi) is 5.18. The van der Waals surface area contributed by atoms with Crippen molar-refractivity contribution in [3.8, 4) is 11.3 Å². The van der Waals surface area contributed by atoms with Crippen LogP contribution in [0.5, 0.6) is 0 Å². The molecular formula is C19H16FNO4S.